The summed E-state index contributed by atoms with van der Waals surface area (Å²) < 4.78 is 4.70. The van der Waals surface area contributed by atoms with E-state index in [0.29, 0.717) is 17.6 Å². The molecule has 5 nitrogen and oxygen atoms in total. The van der Waals surface area contributed by atoms with E-state index in [0.717, 1.165) is 55.2 Å². The van der Waals surface area contributed by atoms with Crippen LogP contribution < -0.4 is 0 Å². The van der Waals surface area contributed by atoms with Crippen molar-refractivity contribution in [3.05, 3.63) is 199 Å². The molecule has 4 heterocycles. The molecule has 0 fully saturated rings. The van der Waals surface area contributed by atoms with Gasteiger partial charge in [-0.15, -0.1) is 0 Å². The third-order valence-electron chi connectivity index (χ3n) is 12.4. The Morgan fingerprint density at radius 3 is 1.53 bits per heavy atom. The van der Waals surface area contributed by atoms with E-state index in [1.54, 1.807) is 0 Å². The molecule has 1 aliphatic rings. The second-order valence-corrected chi connectivity index (χ2v) is 16.1. The quantitative estimate of drug-likeness (QED) is 0.176. The maximum absolute atomic E-state index is 5.49. The summed E-state index contributed by atoms with van der Waals surface area (Å²) in [5, 5.41) is 4.68. The van der Waals surface area contributed by atoms with Gasteiger partial charge in [0, 0.05) is 38.1 Å². The summed E-state index contributed by atoms with van der Waals surface area (Å²) >= 11 is 0. The highest BCUT2D eigenvalue weighted by atomic mass is 15.2. The van der Waals surface area contributed by atoms with E-state index < -0.39 is 0 Å². The van der Waals surface area contributed by atoms with Gasteiger partial charge in [0.15, 0.2) is 11.6 Å². The van der Waals surface area contributed by atoms with Gasteiger partial charge in [-0.2, -0.15) is 9.97 Å². The largest absolute Gasteiger partial charge is 0.309 e. The standard InChI is InChI=1S/C54H37N5/c1-54(2)44-23-13-15-25-47(44)58-46-24-14-12-22-40(46)43-30-39(31-45(54)50(43)58)52-55-51(36-20-10-5-11-21-36)56-53(57-52)59-48-32-37(34-16-6-3-7-17-34)26-28-41(48)42-29-27-38(33-49(42)59)35-18-8-4-9-19-35/h3-33H,1-2H3. The van der Waals surface area contributed by atoms with Crippen LogP contribution in [0.25, 0.3) is 100 Å². The van der Waals surface area contributed by atoms with Crippen molar-refractivity contribution in [2.75, 3.05) is 0 Å². The van der Waals surface area contributed by atoms with Crippen molar-refractivity contribution in [3.8, 4) is 56.7 Å². The Hall–Kier alpha value is -7.63. The third-order valence-corrected chi connectivity index (χ3v) is 12.4. The summed E-state index contributed by atoms with van der Waals surface area (Å²) in [5.41, 5.74) is 14.5. The molecule has 3 aromatic heterocycles. The first-order chi connectivity index (χ1) is 29.0. The average Bonchev–Trinajstić information content (AvgIpc) is 3.81. The lowest BCUT2D eigenvalue weighted by atomic mass is 9.74. The van der Waals surface area contributed by atoms with Crippen molar-refractivity contribution in [2.45, 2.75) is 19.3 Å². The zero-order valence-electron chi connectivity index (χ0n) is 32.6. The highest BCUT2D eigenvalue weighted by molar-refractivity contribution is 6.13. The van der Waals surface area contributed by atoms with Crippen LogP contribution in [0.5, 0.6) is 0 Å². The molecular weight excluding hydrogens is 719 g/mol. The highest BCUT2D eigenvalue weighted by Crippen LogP contribution is 2.49. The fourth-order valence-corrected chi connectivity index (χ4v) is 9.46. The molecule has 0 radical (unpaired) electrons. The second-order valence-electron chi connectivity index (χ2n) is 16.1. The highest BCUT2D eigenvalue weighted by Gasteiger charge is 2.36. The SMILES string of the molecule is CC1(C)c2ccccc2-n2c3ccccc3c3cc(-c4nc(-c5ccccc5)nc(-n5c6cc(-c7ccccc7)ccc6c6ccc(-c7ccccc7)cc65)n4)cc1c32. The summed E-state index contributed by atoms with van der Waals surface area (Å²) in [6.07, 6.45) is 0. The van der Waals surface area contributed by atoms with Crippen LogP contribution in [0.4, 0.5) is 0 Å². The lowest BCUT2D eigenvalue weighted by Gasteiger charge is -2.35. The number of rotatable bonds is 5. The molecule has 0 atom stereocenters. The van der Waals surface area contributed by atoms with Crippen molar-refractivity contribution in [1.29, 1.82) is 0 Å². The van der Waals surface area contributed by atoms with Crippen LogP contribution in [0.2, 0.25) is 0 Å². The molecular formula is C54H37N5. The van der Waals surface area contributed by atoms with Gasteiger partial charge in [0.05, 0.1) is 27.8 Å². The lowest BCUT2D eigenvalue weighted by Crippen LogP contribution is -2.26. The minimum absolute atomic E-state index is 0.276. The molecule has 59 heavy (non-hydrogen) atoms. The first-order valence-electron chi connectivity index (χ1n) is 20.2. The van der Waals surface area contributed by atoms with E-state index in [-0.39, 0.29) is 5.41 Å². The Labute approximate surface area is 341 Å². The molecule has 0 unspecified atom stereocenters. The predicted octanol–water partition coefficient (Wildman–Crippen LogP) is 13.4. The number of nitrogens with zero attached hydrogens (tertiary/aromatic N) is 5. The van der Waals surface area contributed by atoms with E-state index >= 15 is 0 Å². The van der Waals surface area contributed by atoms with Gasteiger partial charge in [-0.3, -0.25) is 4.57 Å². The second kappa shape index (κ2) is 12.7. The number of hydrogen-bond donors (Lipinski definition) is 0. The fourth-order valence-electron chi connectivity index (χ4n) is 9.46. The molecule has 0 amide bonds. The monoisotopic (exact) mass is 755 g/mol. The van der Waals surface area contributed by atoms with Crippen LogP contribution in [0.1, 0.15) is 25.0 Å². The predicted molar refractivity (Wildman–Crippen MR) is 242 cm³/mol. The zero-order chi connectivity index (χ0) is 39.2. The van der Waals surface area contributed by atoms with Crippen LogP contribution in [-0.2, 0) is 5.41 Å². The zero-order valence-corrected chi connectivity index (χ0v) is 32.6. The van der Waals surface area contributed by atoms with Crippen molar-refractivity contribution in [1.82, 2.24) is 24.1 Å². The van der Waals surface area contributed by atoms with E-state index in [1.165, 1.54) is 38.6 Å². The molecule has 0 N–H and O–H groups in total. The van der Waals surface area contributed by atoms with E-state index in [9.17, 15) is 0 Å². The van der Waals surface area contributed by atoms with E-state index in [1.807, 2.05) is 18.2 Å². The summed E-state index contributed by atoms with van der Waals surface area (Å²) in [7, 11) is 0. The molecule has 8 aromatic carbocycles. The minimum atomic E-state index is -0.276. The first kappa shape index (κ1) is 33.5. The normalized spacial score (nSPS) is 13.1. The summed E-state index contributed by atoms with van der Waals surface area (Å²) in [5.74, 6) is 1.83. The number of para-hydroxylation sites is 2. The molecule has 1 aliphatic heterocycles. The molecule has 0 saturated heterocycles. The van der Waals surface area contributed by atoms with Gasteiger partial charge in [0.25, 0.3) is 0 Å². The number of benzene rings is 8. The Morgan fingerprint density at radius 1 is 0.356 bits per heavy atom. The van der Waals surface area contributed by atoms with Gasteiger partial charge in [-0.25, -0.2) is 4.98 Å². The van der Waals surface area contributed by atoms with Crippen LogP contribution in [0, 0.1) is 0 Å². The summed E-state index contributed by atoms with van der Waals surface area (Å²) in [4.78, 5) is 16.1. The number of fused-ring (bicyclic) bond motifs is 8. The van der Waals surface area contributed by atoms with Crippen molar-refractivity contribution < 1.29 is 0 Å². The molecule has 11 aromatic rings. The lowest BCUT2D eigenvalue weighted by molar-refractivity contribution is 0.630. The molecule has 0 aliphatic carbocycles. The summed E-state index contributed by atoms with van der Waals surface area (Å²) in [6, 6.07) is 67.1. The van der Waals surface area contributed by atoms with E-state index in [4.69, 9.17) is 15.0 Å². The number of hydrogen-bond acceptors (Lipinski definition) is 3. The smallest absolute Gasteiger partial charge is 0.238 e. The molecule has 278 valence electrons. The topological polar surface area (TPSA) is 48.5 Å². The van der Waals surface area contributed by atoms with Gasteiger partial charge < -0.3 is 4.57 Å². The van der Waals surface area contributed by atoms with E-state index in [2.05, 4.69) is 193 Å². The average molecular weight is 756 g/mol. The summed E-state index contributed by atoms with van der Waals surface area (Å²) in [6.45, 7) is 4.68. The Bertz CT molecular complexity index is 3350. The van der Waals surface area contributed by atoms with Crippen molar-refractivity contribution in [2.24, 2.45) is 0 Å². The van der Waals surface area contributed by atoms with Crippen LogP contribution in [0.15, 0.2) is 188 Å². The van der Waals surface area contributed by atoms with Gasteiger partial charge in [-0.1, -0.05) is 166 Å². The Balaban J connectivity index is 1.17. The Morgan fingerprint density at radius 2 is 0.881 bits per heavy atom. The van der Waals surface area contributed by atoms with Gasteiger partial charge in [0.2, 0.25) is 5.95 Å². The maximum atomic E-state index is 5.49. The molecule has 5 heteroatoms. The maximum Gasteiger partial charge on any atom is 0.238 e. The van der Waals surface area contributed by atoms with Gasteiger partial charge in [-0.05, 0) is 69.8 Å². The number of aromatic nitrogens is 5. The first-order valence-corrected chi connectivity index (χ1v) is 20.2. The molecule has 12 rings (SSSR count). The van der Waals surface area contributed by atoms with Gasteiger partial charge in [0.1, 0.15) is 0 Å². The third kappa shape index (κ3) is 5.08. The van der Waals surface area contributed by atoms with Crippen LogP contribution in [0.3, 0.4) is 0 Å². The Kier molecular flexibility index (Phi) is 7.20. The minimum Gasteiger partial charge on any atom is -0.309 e. The van der Waals surface area contributed by atoms with Crippen LogP contribution in [-0.4, -0.2) is 24.1 Å². The molecule has 0 saturated carbocycles. The van der Waals surface area contributed by atoms with Crippen molar-refractivity contribution in [3.63, 3.8) is 0 Å². The van der Waals surface area contributed by atoms with Gasteiger partial charge >= 0.3 is 0 Å². The molecule has 0 bridgehead atoms. The van der Waals surface area contributed by atoms with Crippen molar-refractivity contribution >= 4 is 43.6 Å². The van der Waals surface area contributed by atoms with Crippen LogP contribution >= 0.6 is 0 Å². The molecule has 0 spiro atoms. The fraction of sp³-hybridized carbons (Fsp3) is 0.0556.